The molecule has 0 saturated carbocycles. The van der Waals surface area contributed by atoms with Gasteiger partial charge in [-0.2, -0.15) is 5.10 Å². The van der Waals surface area contributed by atoms with Crippen LogP contribution in [-0.4, -0.2) is 80.6 Å². The molecule has 2 aliphatic heterocycles. The lowest BCUT2D eigenvalue weighted by atomic mass is 10.1. The molecule has 9 nitrogen and oxygen atoms in total. The number of aromatic nitrogens is 4. The van der Waals surface area contributed by atoms with Gasteiger partial charge in [0.15, 0.2) is 5.82 Å². The highest BCUT2D eigenvalue weighted by atomic mass is 16.2. The second-order valence-electron chi connectivity index (χ2n) is 8.07. The van der Waals surface area contributed by atoms with Gasteiger partial charge in [-0.15, -0.1) is 0 Å². The monoisotopic (exact) mass is 431 g/mol. The third kappa shape index (κ3) is 3.87. The number of carbonyl (C=O) groups excluding carboxylic acids is 2. The maximum atomic E-state index is 12.5. The maximum Gasteiger partial charge on any atom is 0.261 e. The fraction of sp³-hybridized carbons (Fsp3) is 0.348. The second kappa shape index (κ2) is 8.51. The number of hydrogen-bond acceptors (Lipinski definition) is 7. The molecule has 9 heteroatoms. The first-order chi connectivity index (χ1) is 15.6. The Balaban J connectivity index is 1.14. The number of benzene rings is 1. The fourth-order valence-corrected chi connectivity index (χ4v) is 4.32. The first kappa shape index (κ1) is 20.3. The predicted molar refractivity (Wildman–Crippen MR) is 119 cm³/mol. The molecule has 1 saturated heterocycles. The molecule has 0 atom stereocenters. The molecule has 0 radical (unpaired) electrons. The summed E-state index contributed by atoms with van der Waals surface area (Å²) in [5.74, 6) is 2.04. The summed E-state index contributed by atoms with van der Waals surface area (Å²) in [4.78, 5) is 40.1. The van der Waals surface area contributed by atoms with E-state index in [4.69, 9.17) is 0 Å². The largest absolute Gasteiger partial charge is 0.354 e. The zero-order valence-electron chi connectivity index (χ0n) is 18.0. The van der Waals surface area contributed by atoms with Crippen molar-refractivity contribution in [2.45, 2.75) is 13.3 Å². The van der Waals surface area contributed by atoms with Gasteiger partial charge in [0.2, 0.25) is 0 Å². The van der Waals surface area contributed by atoms with Gasteiger partial charge in [0, 0.05) is 51.2 Å². The van der Waals surface area contributed by atoms with Crippen molar-refractivity contribution in [3.63, 3.8) is 0 Å². The number of hydrogen-bond donors (Lipinski definition) is 0. The molecule has 0 spiro atoms. The first-order valence-corrected chi connectivity index (χ1v) is 10.9. The van der Waals surface area contributed by atoms with E-state index >= 15 is 0 Å². The lowest BCUT2D eigenvalue weighted by Gasteiger charge is -2.35. The van der Waals surface area contributed by atoms with Crippen molar-refractivity contribution in [3.8, 4) is 5.82 Å². The molecule has 3 aromatic rings. The van der Waals surface area contributed by atoms with E-state index in [0.29, 0.717) is 17.7 Å². The van der Waals surface area contributed by atoms with Crippen LogP contribution in [0.5, 0.6) is 0 Å². The lowest BCUT2D eigenvalue weighted by Crippen LogP contribution is -2.47. The molecule has 164 valence electrons. The normalized spacial score (nSPS) is 16.7. The Morgan fingerprint density at radius 3 is 2.22 bits per heavy atom. The molecule has 2 aliphatic rings. The summed E-state index contributed by atoms with van der Waals surface area (Å²) < 4.78 is 1.74. The van der Waals surface area contributed by atoms with Crippen LogP contribution in [0.25, 0.3) is 5.82 Å². The zero-order valence-corrected chi connectivity index (χ0v) is 18.0. The molecule has 2 amide bonds. The molecule has 0 unspecified atom stereocenters. The van der Waals surface area contributed by atoms with Crippen LogP contribution in [-0.2, 0) is 0 Å². The molecule has 0 bridgehead atoms. The number of nitrogens with zero attached hydrogens (tertiary/aromatic N) is 7. The SMILES string of the molecule is Cc1nc(N2CCN(CCCN3C(=O)c4ccccc4C3=O)CC2)cc(-n2cccn2)n1. The maximum absolute atomic E-state index is 12.5. The van der Waals surface area contributed by atoms with Gasteiger partial charge in [-0.3, -0.25) is 19.4 Å². The van der Waals surface area contributed by atoms with Gasteiger partial charge in [0.1, 0.15) is 11.6 Å². The standard InChI is InChI=1S/C23H25N7O2/c1-17-25-20(16-21(26-17)30-11-4-8-24-30)28-14-12-27(13-15-28)9-5-10-29-22(31)18-6-2-3-7-19(18)23(29)32/h2-4,6-8,11,16H,5,9-10,12-15H2,1H3. The van der Waals surface area contributed by atoms with Gasteiger partial charge in [-0.05, 0) is 38.1 Å². The Morgan fingerprint density at radius 1 is 0.875 bits per heavy atom. The van der Waals surface area contributed by atoms with Crippen molar-refractivity contribution in [2.75, 3.05) is 44.2 Å². The van der Waals surface area contributed by atoms with Gasteiger partial charge in [0.25, 0.3) is 11.8 Å². The smallest absolute Gasteiger partial charge is 0.261 e. The van der Waals surface area contributed by atoms with Crippen LogP contribution < -0.4 is 4.90 Å². The number of fused-ring (bicyclic) bond motifs is 1. The predicted octanol–water partition coefficient (Wildman–Crippen LogP) is 1.78. The van der Waals surface area contributed by atoms with Crippen LogP contribution in [0.2, 0.25) is 0 Å². The van der Waals surface area contributed by atoms with Crippen molar-refractivity contribution >= 4 is 17.6 Å². The molecule has 4 heterocycles. The minimum absolute atomic E-state index is 0.178. The number of piperazine rings is 1. The Kier molecular flexibility index (Phi) is 5.40. The second-order valence-corrected chi connectivity index (χ2v) is 8.07. The van der Waals surface area contributed by atoms with Crippen LogP contribution in [0.4, 0.5) is 5.82 Å². The average Bonchev–Trinajstić information content (AvgIpc) is 3.43. The van der Waals surface area contributed by atoms with Crippen molar-refractivity contribution in [1.82, 2.24) is 29.5 Å². The Bertz CT molecular complexity index is 1100. The number of rotatable bonds is 6. The number of carbonyl (C=O) groups is 2. The zero-order chi connectivity index (χ0) is 22.1. The van der Waals surface area contributed by atoms with Crippen LogP contribution in [0.1, 0.15) is 33.0 Å². The quantitative estimate of drug-likeness (QED) is 0.550. The summed E-state index contributed by atoms with van der Waals surface area (Å²) in [5, 5.41) is 4.26. The molecule has 1 fully saturated rings. The molecule has 2 aromatic heterocycles. The van der Waals surface area contributed by atoms with Gasteiger partial charge < -0.3 is 4.90 Å². The van der Waals surface area contributed by atoms with Gasteiger partial charge in [-0.1, -0.05) is 12.1 Å². The van der Waals surface area contributed by atoms with E-state index in [-0.39, 0.29) is 11.8 Å². The van der Waals surface area contributed by atoms with Crippen molar-refractivity contribution < 1.29 is 9.59 Å². The Hall–Kier alpha value is -3.59. The first-order valence-electron chi connectivity index (χ1n) is 10.9. The van der Waals surface area contributed by atoms with Crippen LogP contribution >= 0.6 is 0 Å². The average molecular weight is 432 g/mol. The van der Waals surface area contributed by atoms with E-state index in [9.17, 15) is 9.59 Å². The fourth-order valence-electron chi connectivity index (χ4n) is 4.32. The van der Waals surface area contributed by atoms with E-state index in [1.807, 2.05) is 25.3 Å². The summed E-state index contributed by atoms with van der Waals surface area (Å²) in [7, 11) is 0. The van der Waals surface area contributed by atoms with Gasteiger partial charge in [0.05, 0.1) is 11.1 Å². The van der Waals surface area contributed by atoms with Crippen molar-refractivity contribution in [3.05, 3.63) is 65.7 Å². The van der Waals surface area contributed by atoms with Crippen LogP contribution in [0.15, 0.2) is 48.8 Å². The molecule has 32 heavy (non-hydrogen) atoms. The van der Waals surface area contributed by atoms with E-state index < -0.39 is 0 Å². The molecular formula is C23H25N7O2. The molecule has 0 aliphatic carbocycles. The molecule has 5 rings (SSSR count). The summed E-state index contributed by atoms with van der Waals surface area (Å²) in [6.45, 7) is 6.73. The van der Waals surface area contributed by atoms with E-state index in [2.05, 4.69) is 24.9 Å². The Labute approximate surface area is 186 Å². The highest BCUT2D eigenvalue weighted by Gasteiger charge is 2.34. The van der Waals surface area contributed by atoms with E-state index in [1.54, 1.807) is 35.1 Å². The lowest BCUT2D eigenvalue weighted by molar-refractivity contribution is 0.0647. The minimum Gasteiger partial charge on any atom is -0.354 e. The van der Waals surface area contributed by atoms with E-state index in [0.717, 1.165) is 56.6 Å². The van der Waals surface area contributed by atoms with Crippen LogP contribution in [0, 0.1) is 6.92 Å². The summed E-state index contributed by atoms with van der Waals surface area (Å²) >= 11 is 0. The third-order valence-electron chi connectivity index (χ3n) is 5.98. The molecule has 1 aromatic carbocycles. The highest BCUT2D eigenvalue weighted by Crippen LogP contribution is 2.23. The summed E-state index contributed by atoms with van der Waals surface area (Å²) in [5.41, 5.74) is 1.03. The van der Waals surface area contributed by atoms with Gasteiger partial charge in [-0.25, -0.2) is 14.6 Å². The summed E-state index contributed by atoms with van der Waals surface area (Å²) in [6.07, 6.45) is 4.37. The Morgan fingerprint density at radius 2 is 1.56 bits per heavy atom. The van der Waals surface area contributed by atoms with Crippen molar-refractivity contribution in [2.24, 2.45) is 0 Å². The highest BCUT2D eigenvalue weighted by molar-refractivity contribution is 6.21. The van der Waals surface area contributed by atoms with Gasteiger partial charge >= 0.3 is 0 Å². The number of imide groups is 1. The number of amides is 2. The molecule has 0 N–H and O–H groups in total. The minimum atomic E-state index is -0.178. The summed E-state index contributed by atoms with van der Waals surface area (Å²) in [6, 6.07) is 10.9. The number of anilines is 1. The van der Waals surface area contributed by atoms with Crippen LogP contribution in [0.3, 0.4) is 0 Å². The van der Waals surface area contributed by atoms with E-state index in [1.165, 1.54) is 4.90 Å². The molecular weight excluding hydrogens is 406 g/mol. The third-order valence-corrected chi connectivity index (χ3v) is 5.98. The number of aryl methyl sites for hydroxylation is 1. The van der Waals surface area contributed by atoms with Crippen molar-refractivity contribution in [1.29, 1.82) is 0 Å². The topological polar surface area (TPSA) is 87.5 Å².